The van der Waals surface area contributed by atoms with Gasteiger partial charge in [-0.2, -0.15) is 8.42 Å². The van der Waals surface area contributed by atoms with Gasteiger partial charge in [0.05, 0.1) is 26.9 Å². The molecule has 1 aliphatic carbocycles. The third kappa shape index (κ3) is 3.24. The first-order valence-electron chi connectivity index (χ1n) is 7.05. The van der Waals surface area contributed by atoms with Crippen molar-refractivity contribution in [1.29, 1.82) is 0 Å². The van der Waals surface area contributed by atoms with Gasteiger partial charge in [-0.1, -0.05) is 47.5 Å². The third-order valence-corrected chi connectivity index (χ3v) is 4.90. The Balaban J connectivity index is 2.19. The van der Waals surface area contributed by atoms with Crippen LogP contribution in [0.3, 0.4) is 0 Å². The molecule has 3 rings (SSSR count). The molecule has 0 unspecified atom stereocenters. The number of carbonyl (C=O) groups excluding carboxylic acids is 3. The van der Waals surface area contributed by atoms with E-state index in [-0.39, 0.29) is 38.0 Å². The zero-order valence-corrected chi connectivity index (χ0v) is 15.1. The molecule has 0 aliphatic heterocycles. The Kier molecular flexibility index (Phi) is 4.61. The standard InChI is InChI=1S/C16H9Cl2NO6S/c17-9-5-10(18)14(19-11(20)6-26(23,24)25)13-12(9)15(21)7-3-1-2-4-8(7)16(13)22/h1-5H,6H2,(H,19,20)(H,23,24,25). The van der Waals surface area contributed by atoms with E-state index >= 15 is 0 Å². The highest BCUT2D eigenvalue weighted by Crippen LogP contribution is 2.40. The van der Waals surface area contributed by atoms with Crippen LogP contribution in [0, 0.1) is 0 Å². The zero-order valence-electron chi connectivity index (χ0n) is 12.7. The minimum atomic E-state index is -4.59. The van der Waals surface area contributed by atoms with Crippen LogP contribution < -0.4 is 5.32 Å². The van der Waals surface area contributed by atoms with E-state index in [9.17, 15) is 22.8 Å². The van der Waals surface area contributed by atoms with Crippen LogP contribution in [0.1, 0.15) is 31.8 Å². The molecule has 26 heavy (non-hydrogen) atoms. The van der Waals surface area contributed by atoms with E-state index in [0.717, 1.165) is 0 Å². The van der Waals surface area contributed by atoms with E-state index in [2.05, 4.69) is 5.32 Å². The van der Waals surface area contributed by atoms with Gasteiger partial charge in [-0.25, -0.2) is 0 Å². The Morgan fingerprint density at radius 1 is 1.00 bits per heavy atom. The van der Waals surface area contributed by atoms with Crippen molar-refractivity contribution >= 4 is 56.5 Å². The Morgan fingerprint density at radius 3 is 2.08 bits per heavy atom. The molecular formula is C16H9Cl2NO6S. The first-order chi connectivity index (χ1) is 12.1. The molecule has 2 aromatic rings. The van der Waals surface area contributed by atoms with Gasteiger partial charge in [-0.3, -0.25) is 18.9 Å². The number of benzene rings is 2. The summed E-state index contributed by atoms with van der Waals surface area (Å²) in [6.07, 6.45) is 0. The first kappa shape index (κ1) is 18.5. The maximum Gasteiger partial charge on any atom is 0.274 e. The van der Waals surface area contributed by atoms with Crippen LogP contribution in [0.15, 0.2) is 30.3 Å². The fourth-order valence-electron chi connectivity index (χ4n) is 2.68. The Morgan fingerprint density at radius 2 is 1.54 bits per heavy atom. The van der Waals surface area contributed by atoms with Crippen molar-refractivity contribution < 1.29 is 27.4 Å². The van der Waals surface area contributed by atoms with Crippen molar-refractivity contribution in [3.05, 3.63) is 62.6 Å². The average Bonchev–Trinajstić information content (AvgIpc) is 2.53. The summed E-state index contributed by atoms with van der Waals surface area (Å²) in [5, 5.41) is 1.93. The monoisotopic (exact) mass is 413 g/mol. The van der Waals surface area contributed by atoms with E-state index < -0.39 is 33.3 Å². The predicted molar refractivity (Wildman–Crippen MR) is 94.8 cm³/mol. The number of fused-ring (bicyclic) bond motifs is 2. The molecule has 2 N–H and O–H groups in total. The lowest BCUT2D eigenvalue weighted by atomic mass is 9.83. The predicted octanol–water partition coefficient (Wildman–Crippen LogP) is 2.60. The SMILES string of the molecule is O=C(CS(=O)(=O)O)Nc1c(Cl)cc(Cl)c2c1C(=O)c1ccccc1C2=O. The molecule has 1 amide bonds. The molecule has 7 nitrogen and oxygen atoms in total. The summed E-state index contributed by atoms with van der Waals surface area (Å²) in [5.74, 6) is -3.48. The molecule has 0 atom stereocenters. The van der Waals surface area contributed by atoms with Gasteiger partial charge in [0.2, 0.25) is 5.91 Å². The van der Waals surface area contributed by atoms with Crippen LogP contribution in [0.2, 0.25) is 10.0 Å². The van der Waals surface area contributed by atoms with Crippen molar-refractivity contribution in [1.82, 2.24) is 0 Å². The van der Waals surface area contributed by atoms with Crippen LogP contribution in [0.5, 0.6) is 0 Å². The Hall–Kier alpha value is -2.26. The van der Waals surface area contributed by atoms with Gasteiger partial charge < -0.3 is 5.32 Å². The van der Waals surface area contributed by atoms with Gasteiger partial charge in [0.15, 0.2) is 17.3 Å². The van der Waals surface area contributed by atoms with Crippen LogP contribution >= 0.6 is 23.2 Å². The summed E-state index contributed by atoms with van der Waals surface area (Å²) in [6.45, 7) is 0. The summed E-state index contributed by atoms with van der Waals surface area (Å²) in [4.78, 5) is 37.4. The second-order valence-corrected chi connectivity index (χ2v) is 7.71. The number of ketones is 2. The highest BCUT2D eigenvalue weighted by Gasteiger charge is 2.35. The van der Waals surface area contributed by atoms with Gasteiger partial charge in [0, 0.05) is 11.1 Å². The highest BCUT2D eigenvalue weighted by atomic mass is 35.5. The number of nitrogens with one attached hydrogen (secondary N) is 1. The quantitative estimate of drug-likeness (QED) is 0.637. The number of rotatable bonds is 3. The van der Waals surface area contributed by atoms with E-state index in [4.69, 9.17) is 27.8 Å². The first-order valence-corrected chi connectivity index (χ1v) is 9.42. The van der Waals surface area contributed by atoms with Gasteiger partial charge in [0.25, 0.3) is 10.1 Å². The highest BCUT2D eigenvalue weighted by molar-refractivity contribution is 7.86. The van der Waals surface area contributed by atoms with Crippen molar-refractivity contribution in [2.75, 3.05) is 11.1 Å². The molecule has 0 saturated carbocycles. The second kappa shape index (κ2) is 6.48. The summed E-state index contributed by atoms with van der Waals surface area (Å²) in [5.41, 5.74) is -0.345. The largest absolute Gasteiger partial charge is 0.323 e. The Bertz CT molecular complexity index is 1090. The lowest BCUT2D eigenvalue weighted by Crippen LogP contribution is -2.27. The molecule has 0 radical (unpaired) electrons. The number of anilines is 1. The van der Waals surface area contributed by atoms with Gasteiger partial charge in [0.1, 0.15) is 0 Å². The van der Waals surface area contributed by atoms with Crippen molar-refractivity contribution in [2.45, 2.75) is 0 Å². The van der Waals surface area contributed by atoms with Crippen LogP contribution in [-0.2, 0) is 14.9 Å². The maximum atomic E-state index is 12.9. The number of amides is 1. The fraction of sp³-hybridized carbons (Fsp3) is 0.0625. The summed E-state index contributed by atoms with van der Waals surface area (Å²) in [7, 11) is -4.59. The topological polar surface area (TPSA) is 118 Å². The zero-order chi connectivity index (χ0) is 19.2. The normalized spacial score (nSPS) is 13.2. The van der Waals surface area contributed by atoms with E-state index in [0.29, 0.717) is 0 Å². The molecular weight excluding hydrogens is 405 g/mol. The van der Waals surface area contributed by atoms with Crippen LogP contribution in [-0.4, -0.2) is 36.2 Å². The molecule has 0 spiro atoms. The number of hydrogen-bond acceptors (Lipinski definition) is 5. The van der Waals surface area contributed by atoms with Gasteiger partial charge in [-0.05, 0) is 6.07 Å². The maximum absolute atomic E-state index is 12.9. The van der Waals surface area contributed by atoms with Crippen molar-refractivity contribution in [3.8, 4) is 0 Å². The van der Waals surface area contributed by atoms with Gasteiger partial charge >= 0.3 is 0 Å². The van der Waals surface area contributed by atoms with E-state index in [1.807, 2.05) is 0 Å². The molecule has 134 valence electrons. The molecule has 10 heteroatoms. The minimum Gasteiger partial charge on any atom is -0.323 e. The molecule has 0 aromatic heterocycles. The van der Waals surface area contributed by atoms with Crippen molar-refractivity contribution in [3.63, 3.8) is 0 Å². The molecule has 1 aliphatic rings. The fourth-order valence-corrected chi connectivity index (χ4v) is 3.68. The number of hydrogen-bond donors (Lipinski definition) is 2. The lowest BCUT2D eigenvalue weighted by molar-refractivity contribution is -0.113. The molecule has 0 heterocycles. The smallest absolute Gasteiger partial charge is 0.274 e. The molecule has 2 aromatic carbocycles. The molecule has 0 saturated heterocycles. The average molecular weight is 414 g/mol. The number of carbonyl (C=O) groups is 3. The van der Waals surface area contributed by atoms with Crippen molar-refractivity contribution in [2.24, 2.45) is 0 Å². The lowest BCUT2D eigenvalue weighted by Gasteiger charge is -2.22. The minimum absolute atomic E-state index is 0.0781. The van der Waals surface area contributed by atoms with Gasteiger partial charge in [-0.15, -0.1) is 0 Å². The van der Waals surface area contributed by atoms with E-state index in [1.54, 1.807) is 12.1 Å². The third-order valence-electron chi connectivity index (χ3n) is 3.68. The van der Waals surface area contributed by atoms with Crippen LogP contribution in [0.4, 0.5) is 5.69 Å². The number of halogens is 2. The van der Waals surface area contributed by atoms with E-state index in [1.165, 1.54) is 18.2 Å². The summed E-state index contributed by atoms with van der Waals surface area (Å²) < 4.78 is 30.5. The summed E-state index contributed by atoms with van der Waals surface area (Å²) in [6, 6.07) is 7.24. The second-order valence-electron chi connectivity index (χ2n) is 5.44. The Labute approximate surface area is 157 Å². The molecule has 0 bridgehead atoms. The molecule has 0 fully saturated rings. The summed E-state index contributed by atoms with van der Waals surface area (Å²) >= 11 is 12.1. The van der Waals surface area contributed by atoms with Crippen LogP contribution in [0.25, 0.3) is 0 Å².